The monoisotopic (exact) mass is 397 g/mol. The van der Waals surface area contributed by atoms with Crippen molar-refractivity contribution in [2.24, 2.45) is 0 Å². The lowest BCUT2D eigenvalue weighted by Gasteiger charge is -2.32. The molecule has 0 N–H and O–H groups in total. The molecule has 1 aliphatic heterocycles. The highest BCUT2D eigenvalue weighted by atomic mass is 16.6. The van der Waals surface area contributed by atoms with Crippen LogP contribution in [0.2, 0.25) is 0 Å². The standard InChI is InChI=1S/C26H23NO3/c1-29-24-17-18-25-21(19-24)15-16-22(12-8-11-20-9-4-2-5-10-20)27(25)26(28)30-23-13-6-3-7-14-23/h2-11,13-19,22H,12H2,1H3/b11-8+/t22-/m0/s1. The summed E-state index contributed by atoms with van der Waals surface area (Å²) in [6.07, 6.45) is 8.48. The van der Waals surface area contributed by atoms with Crippen molar-refractivity contribution in [2.75, 3.05) is 12.0 Å². The van der Waals surface area contributed by atoms with Crippen LogP contribution < -0.4 is 14.4 Å². The zero-order valence-corrected chi connectivity index (χ0v) is 16.8. The third kappa shape index (κ3) is 4.44. The summed E-state index contributed by atoms with van der Waals surface area (Å²) in [4.78, 5) is 14.8. The lowest BCUT2D eigenvalue weighted by molar-refractivity contribution is 0.206. The van der Waals surface area contributed by atoms with E-state index in [9.17, 15) is 4.79 Å². The van der Waals surface area contributed by atoms with Gasteiger partial charge in [-0.2, -0.15) is 0 Å². The molecule has 1 amide bonds. The average molecular weight is 397 g/mol. The Morgan fingerprint density at radius 1 is 0.967 bits per heavy atom. The fourth-order valence-corrected chi connectivity index (χ4v) is 3.46. The highest BCUT2D eigenvalue weighted by molar-refractivity contribution is 5.95. The number of carbonyl (C=O) groups is 1. The number of fused-ring (bicyclic) bond motifs is 1. The zero-order chi connectivity index (χ0) is 20.8. The van der Waals surface area contributed by atoms with Crippen LogP contribution in [0.1, 0.15) is 17.5 Å². The number of methoxy groups -OCH3 is 1. The van der Waals surface area contributed by atoms with Gasteiger partial charge in [-0.25, -0.2) is 4.79 Å². The predicted molar refractivity (Wildman–Crippen MR) is 121 cm³/mol. The van der Waals surface area contributed by atoms with Gasteiger partial charge < -0.3 is 9.47 Å². The smallest absolute Gasteiger partial charge is 0.420 e. The maximum atomic E-state index is 13.1. The van der Waals surface area contributed by atoms with Crippen molar-refractivity contribution in [1.82, 2.24) is 0 Å². The lowest BCUT2D eigenvalue weighted by Crippen LogP contribution is -2.42. The molecule has 1 atom stereocenters. The van der Waals surface area contributed by atoms with E-state index in [2.05, 4.69) is 24.3 Å². The first-order valence-electron chi connectivity index (χ1n) is 9.88. The van der Waals surface area contributed by atoms with Crippen LogP contribution in [-0.2, 0) is 0 Å². The summed E-state index contributed by atoms with van der Waals surface area (Å²) in [5, 5.41) is 0. The highest BCUT2D eigenvalue weighted by Crippen LogP contribution is 2.34. The number of amides is 1. The molecule has 0 radical (unpaired) electrons. The molecule has 30 heavy (non-hydrogen) atoms. The summed E-state index contributed by atoms with van der Waals surface area (Å²) in [6.45, 7) is 0. The van der Waals surface area contributed by atoms with Gasteiger partial charge in [0.05, 0.1) is 18.8 Å². The number of nitrogens with zero attached hydrogens (tertiary/aromatic N) is 1. The van der Waals surface area contributed by atoms with Crippen molar-refractivity contribution in [2.45, 2.75) is 12.5 Å². The van der Waals surface area contributed by atoms with Crippen LogP contribution in [0, 0.1) is 0 Å². The first-order chi connectivity index (χ1) is 14.7. The molecule has 4 rings (SSSR count). The summed E-state index contributed by atoms with van der Waals surface area (Å²) in [5.41, 5.74) is 2.85. The summed E-state index contributed by atoms with van der Waals surface area (Å²) in [6, 6.07) is 24.8. The Bertz CT molecular complexity index is 1060. The molecular weight excluding hydrogens is 374 g/mol. The van der Waals surface area contributed by atoms with E-state index in [-0.39, 0.29) is 6.04 Å². The van der Waals surface area contributed by atoms with E-state index in [0.717, 1.165) is 22.6 Å². The lowest BCUT2D eigenvalue weighted by atomic mass is 10.0. The van der Waals surface area contributed by atoms with Gasteiger partial charge in [0.25, 0.3) is 0 Å². The van der Waals surface area contributed by atoms with Gasteiger partial charge >= 0.3 is 6.09 Å². The minimum Gasteiger partial charge on any atom is -0.497 e. The average Bonchev–Trinajstić information content (AvgIpc) is 2.79. The van der Waals surface area contributed by atoms with Crippen LogP contribution in [-0.4, -0.2) is 19.2 Å². The summed E-state index contributed by atoms with van der Waals surface area (Å²) >= 11 is 0. The Morgan fingerprint density at radius 3 is 2.43 bits per heavy atom. The Labute approximate surface area is 176 Å². The summed E-state index contributed by atoms with van der Waals surface area (Å²) in [7, 11) is 1.63. The van der Waals surface area contributed by atoms with Gasteiger partial charge in [0, 0.05) is 5.56 Å². The molecule has 0 aliphatic carbocycles. The van der Waals surface area contributed by atoms with Gasteiger partial charge in [0.15, 0.2) is 0 Å². The molecule has 0 fully saturated rings. The van der Waals surface area contributed by atoms with Crippen molar-refractivity contribution in [1.29, 1.82) is 0 Å². The minimum absolute atomic E-state index is 0.151. The quantitative estimate of drug-likeness (QED) is 0.514. The molecule has 0 unspecified atom stereocenters. The normalized spacial score (nSPS) is 15.1. The summed E-state index contributed by atoms with van der Waals surface area (Å²) < 4.78 is 11.0. The number of benzene rings is 3. The van der Waals surface area contributed by atoms with Gasteiger partial charge in [-0.3, -0.25) is 4.90 Å². The first-order valence-corrected chi connectivity index (χ1v) is 9.88. The number of rotatable bonds is 5. The van der Waals surface area contributed by atoms with Crippen LogP contribution >= 0.6 is 0 Å². The molecule has 0 saturated carbocycles. The van der Waals surface area contributed by atoms with Crippen molar-refractivity contribution in [3.8, 4) is 11.5 Å². The molecule has 3 aromatic carbocycles. The Kier molecular flexibility index (Phi) is 5.95. The molecule has 1 heterocycles. The number of anilines is 1. The van der Waals surface area contributed by atoms with Crippen molar-refractivity contribution in [3.63, 3.8) is 0 Å². The number of carbonyl (C=O) groups excluding carboxylic acids is 1. The van der Waals surface area contributed by atoms with Crippen molar-refractivity contribution < 1.29 is 14.3 Å². The fourth-order valence-electron chi connectivity index (χ4n) is 3.46. The van der Waals surface area contributed by atoms with E-state index in [1.54, 1.807) is 24.1 Å². The number of para-hydroxylation sites is 1. The molecule has 0 saturated heterocycles. The molecule has 4 nitrogen and oxygen atoms in total. The molecule has 150 valence electrons. The SMILES string of the molecule is COc1ccc2c(c1)C=C[C@H](C/C=C/c1ccccc1)N2C(=O)Oc1ccccc1. The maximum Gasteiger partial charge on any atom is 0.420 e. The molecule has 4 heteroatoms. The second-order valence-corrected chi connectivity index (χ2v) is 6.95. The topological polar surface area (TPSA) is 38.8 Å². The highest BCUT2D eigenvalue weighted by Gasteiger charge is 2.29. The van der Waals surface area contributed by atoms with E-state index in [1.807, 2.05) is 66.7 Å². The van der Waals surface area contributed by atoms with Crippen LogP contribution in [0.25, 0.3) is 12.2 Å². The largest absolute Gasteiger partial charge is 0.497 e. The van der Waals surface area contributed by atoms with Crippen LogP contribution in [0.3, 0.4) is 0 Å². The predicted octanol–water partition coefficient (Wildman–Crippen LogP) is 6.20. The van der Waals surface area contributed by atoms with Gasteiger partial charge in [0.2, 0.25) is 0 Å². The van der Waals surface area contributed by atoms with Crippen molar-refractivity contribution >= 4 is 23.9 Å². The van der Waals surface area contributed by atoms with E-state index < -0.39 is 6.09 Å². The van der Waals surface area contributed by atoms with Gasteiger partial charge in [0.1, 0.15) is 11.5 Å². The minimum atomic E-state index is -0.407. The van der Waals surface area contributed by atoms with Gasteiger partial charge in [-0.15, -0.1) is 0 Å². The molecule has 1 aliphatic rings. The van der Waals surface area contributed by atoms with Crippen LogP contribution in [0.4, 0.5) is 10.5 Å². The third-order valence-corrected chi connectivity index (χ3v) is 4.96. The number of hydrogen-bond donors (Lipinski definition) is 0. The van der Waals surface area contributed by atoms with Gasteiger partial charge in [-0.1, -0.05) is 72.8 Å². The second-order valence-electron chi connectivity index (χ2n) is 6.95. The molecule has 0 bridgehead atoms. The molecule has 0 spiro atoms. The van der Waals surface area contributed by atoms with Crippen LogP contribution in [0.5, 0.6) is 11.5 Å². The second kappa shape index (κ2) is 9.14. The first kappa shape index (κ1) is 19.5. The van der Waals surface area contributed by atoms with Crippen LogP contribution in [0.15, 0.2) is 91.0 Å². The van der Waals surface area contributed by atoms with E-state index >= 15 is 0 Å². The van der Waals surface area contributed by atoms with Gasteiger partial charge in [-0.05, 0) is 42.3 Å². The van der Waals surface area contributed by atoms with E-state index in [0.29, 0.717) is 12.2 Å². The fraction of sp³-hybridized carbons (Fsp3) is 0.115. The number of ether oxygens (including phenoxy) is 2. The summed E-state index contributed by atoms with van der Waals surface area (Å²) in [5.74, 6) is 1.27. The Morgan fingerprint density at radius 2 is 1.70 bits per heavy atom. The Hall–Kier alpha value is -3.79. The Balaban J connectivity index is 1.60. The molecule has 0 aromatic heterocycles. The molecular formula is C26H23NO3. The maximum absolute atomic E-state index is 13.1. The number of hydrogen-bond acceptors (Lipinski definition) is 3. The third-order valence-electron chi connectivity index (χ3n) is 4.96. The van der Waals surface area contributed by atoms with E-state index in [4.69, 9.17) is 9.47 Å². The van der Waals surface area contributed by atoms with E-state index in [1.165, 1.54) is 0 Å². The molecule has 3 aromatic rings. The van der Waals surface area contributed by atoms with Crippen molar-refractivity contribution in [3.05, 3.63) is 102 Å². The zero-order valence-electron chi connectivity index (χ0n) is 16.8.